The maximum atomic E-state index is 12.8. The van der Waals surface area contributed by atoms with Crippen molar-refractivity contribution in [3.05, 3.63) is 29.0 Å². The minimum atomic E-state index is -0.339. The third-order valence-corrected chi connectivity index (χ3v) is 2.73. The maximum absolute atomic E-state index is 12.8. The Kier molecular flexibility index (Phi) is 3.44. The molecule has 1 aromatic rings. The second kappa shape index (κ2) is 4.81. The van der Waals surface area contributed by atoms with E-state index in [2.05, 4.69) is 5.32 Å². The van der Waals surface area contributed by atoms with E-state index in [0.717, 1.165) is 25.9 Å². The van der Waals surface area contributed by atoms with Gasteiger partial charge in [-0.2, -0.15) is 0 Å². The first-order valence-electron chi connectivity index (χ1n) is 5.08. The molecule has 1 atom stereocenters. The Labute approximate surface area is 93.4 Å². The summed E-state index contributed by atoms with van der Waals surface area (Å²) in [6, 6.07) is 4.21. The number of hydrogen-bond donors (Lipinski definition) is 1. The molecule has 1 heterocycles. The molecule has 1 aliphatic rings. The van der Waals surface area contributed by atoms with Gasteiger partial charge in [-0.15, -0.1) is 0 Å². The van der Waals surface area contributed by atoms with Crippen LogP contribution in [0.2, 0.25) is 5.02 Å². The molecule has 82 valence electrons. The van der Waals surface area contributed by atoms with E-state index in [1.165, 1.54) is 12.1 Å². The molecule has 0 bridgehead atoms. The molecule has 2 rings (SSSR count). The highest BCUT2D eigenvalue weighted by atomic mass is 35.5. The molecule has 2 nitrogen and oxygen atoms in total. The predicted octanol–water partition coefficient (Wildman–Crippen LogP) is 2.61. The fraction of sp³-hybridized carbons (Fsp3) is 0.455. The Bertz CT molecular complexity index is 339. The molecule has 0 amide bonds. The molecule has 0 aliphatic carbocycles. The molecule has 0 saturated carbocycles. The molecule has 1 aliphatic heterocycles. The Morgan fingerprint density at radius 1 is 1.47 bits per heavy atom. The van der Waals surface area contributed by atoms with Crippen LogP contribution in [0.3, 0.4) is 0 Å². The van der Waals surface area contributed by atoms with E-state index in [1.54, 1.807) is 6.07 Å². The van der Waals surface area contributed by atoms with Crippen molar-refractivity contribution in [3.63, 3.8) is 0 Å². The van der Waals surface area contributed by atoms with Crippen molar-refractivity contribution in [2.45, 2.75) is 18.9 Å². The summed E-state index contributed by atoms with van der Waals surface area (Å²) in [5, 5.41) is 3.58. The molecule has 0 radical (unpaired) electrons. The van der Waals surface area contributed by atoms with Crippen LogP contribution in [-0.4, -0.2) is 19.2 Å². The van der Waals surface area contributed by atoms with Gasteiger partial charge in [0.2, 0.25) is 0 Å². The van der Waals surface area contributed by atoms with Gasteiger partial charge in [0, 0.05) is 6.54 Å². The fourth-order valence-corrected chi connectivity index (χ4v) is 1.88. The molecule has 0 aromatic heterocycles. The lowest BCUT2D eigenvalue weighted by molar-refractivity contribution is 0.167. The van der Waals surface area contributed by atoms with Gasteiger partial charge in [0.25, 0.3) is 0 Å². The lowest BCUT2D eigenvalue weighted by atomic mass is 10.1. The molecule has 4 heteroatoms. The van der Waals surface area contributed by atoms with Crippen LogP contribution in [0.5, 0.6) is 5.75 Å². The summed E-state index contributed by atoms with van der Waals surface area (Å²) in [5.74, 6) is 0.223. The van der Waals surface area contributed by atoms with Crippen LogP contribution in [0.4, 0.5) is 4.39 Å². The van der Waals surface area contributed by atoms with E-state index in [4.69, 9.17) is 16.3 Å². The molecule has 1 saturated heterocycles. The first kappa shape index (κ1) is 10.7. The molecule has 1 unspecified atom stereocenters. The van der Waals surface area contributed by atoms with Gasteiger partial charge in [0.1, 0.15) is 17.7 Å². The molecular formula is C11H13ClFNO. The van der Waals surface area contributed by atoms with Crippen LogP contribution in [0, 0.1) is 5.82 Å². The minimum Gasteiger partial charge on any atom is -0.488 e. The monoisotopic (exact) mass is 229 g/mol. The summed E-state index contributed by atoms with van der Waals surface area (Å²) in [5.41, 5.74) is 0. The Morgan fingerprint density at radius 3 is 3.00 bits per heavy atom. The number of rotatable bonds is 2. The SMILES string of the molecule is Fc1ccc(OC2CCCNC2)c(Cl)c1. The van der Waals surface area contributed by atoms with Gasteiger partial charge in [0.15, 0.2) is 0 Å². The topological polar surface area (TPSA) is 21.3 Å². The second-order valence-corrected chi connectivity index (χ2v) is 4.07. The van der Waals surface area contributed by atoms with Gasteiger partial charge >= 0.3 is 0 Å². The highest BCUT2D eigenvalue weighted by molar-refractivity contribution is 6.32. The largest absolute Gasteiger partial charge is 0.488 e. The average molecular weight is 230 g/mol. The zero-order chi connectivity index (χ0) is 10.7. The molecule has 1 fully saturated rings. The molecule has 1 aromatic carbocycles. The normalized spacial score (nSPS) is 21.3. The van der Waals surface area contributed by atoms with Crippen molar-refractivity contribution in [2.75, 3.05) is 13.1 Å². The number of piperidine rings is 1. The molecule has 1 N–H and O–H groups in total. The zero-order valence-electron chi connectivity index (χ0n) is 8.30. The van der Waals surface area contributed by atoms with Crippen molar-refractivity contribution in [1.29, 1.82) is 0 Å². The third-order valence-electron chi connectivity index (χ3n) is 2.44. The lowest BCUT2D eigenvalue weighted by Gasteiger charge is -2.24. The molecular weight excluding hydrogens is 217 g/mol. The van der Waals surface area contributed by atoms with Crippen LogP contribution in [0.1, 0.15) is 12.8 Å². The molecule has 15 heavy (non-hydrogen) atoms. The maximum Gasteiger partial charge on any atom is 0.138 e. The van der Waals surface area contributed by atoms with E-state index in [9.17, 15) is 4.39 Å². The van der Waals surface area contributed by atoms with E-state index in [-0.39, 0.29) is 11.9 Å². The highest BCUT2D eigenvalue weighted by Gasteiger charge is 2.15. The Balaban J connectivity index is 2.03. The van der Waals surface area contributed by atoms with Crippen molar-refractivity contribution in [2.24, 2.45) is 0 Å². The van der Waals surface area contributed by atoms with Crippen molar-refractivity contribution in [3.8, 4) is 5.75 Å². The van der Waals surface area contributed by atoms with Gasteiger partial charge in [0.05, 0.1) is 5.02 Å². The number of hydrogen-bond acceptors (Lipinski definition) is 2. The summed E-state index contributed by atoms with van der Waals surface area (Å²) in [6.45, 7) is 1.87. The second-order valence-electron chi connectivity index (χ2n) is 3.66. The summed E-state index contributed by atoms with van der Waals surface area (Å²) in [4.78, 5) is 0. The smallest absolute Gasteiger partial charge is 0.138 e. The number of ether oxygens (including phenoxy) is 1. The van der Waals surface area contributed by atoms with Gasteiger partial charge in [-0.3, -0.25) is 0 Å². The molecule has 0 spiro atoms. The van der Waals surface area contributed by atoms with Crippen LogP contribution in [-0.2, 0) is 0 Å². The van der Waals surface area contributed by atoms with Gasteiger partial charge < -0.3 is 10.1 Å². The van der Waals surface area contributed by atoms with Gasteiger partial charge in [-0.05, 0) is 37.6 Å². The standard InChI is InChI=1S/C11H13ClFNO/c12-10-6-8(13)3-4-11(10)15-9-2-1-5-14-7-9/h3-4,6,9,14H,1-2,5,7H2. The Hall–Kier alpha value is -0.800. The number of benzene rings is 1. The predicted molar refractivity (Wildman–Crippen MR) is 57.9 cm³/mol. The van der Waals surface area contributed by atoms with Crippen LogP contribution in [0.25, 0.3) is 0 Å². The first-order valence-corrected chi connectivity index (χ1v) is 5.46. The van der Waals surface area contributed by atoms with Crippen LogP contribution < -0.4 is 10.1 Å². The number of nitrogens with one attached hydrogen (secondary N) is 1. The first-order chi connectivity index (χ1) is 7.25. The average Bonchev–Trinajstić information content (AvgIpc) is 2.24. The lowest BCUT2D eigenvalue weighted by Crippen LogP contribution is -2.37. The highest BCUT2D eigenvalue weighted by Crippen LogP contribution is 2.26. The van der Waals surface area contributed by atoms with E-state index in [1.807, 2.05) is 0 Å². The van der Waals surface area contributed by atoms with E-state index >= 15 is 0 Å². The summed E-state index contributed by atoms with van der Waals surface area (Å²) >= 11 is 5.86. The van der Waals surface area contributed by atoms with Crippen molar-refractivity contribution in [1.82, 2.24) is 5.32 Å². The summed E-state index contributed by atoms with van der Waals surface area (Å²) in [6.07, 6.45) is 2.26. The summed E-state index contributed by atoms with van der Waals surface area (Å²) < 4.78 is 18.5. The van der Waals surface area contributed by atoms with E-state index in [0.29, 0.717) is 10.8 Å². The van der Waals surface area contributed by atoms with Crippen molar-refractivity contribution >= 4 is 11.6 Å². The van der Waals surface area contributed by atoms with Crippen molar-refractivity contribution < 1.29 is 9.13 Å². The fourth-order valence-electron chi connectivity index (χ4n) is 1.67. The quantitative estimate of drug-likeness (QED) is 0.842. The summed E-state index contributed by atoms with van der Waals surface area (Å²) in [7, 11) is 0. The van der Waals surface area contributed by atoms with E-state index < -0.39 is 0 Å². The van der Waals surface area contributed by atoms with Crippen LogP contribution in [0.15, 0.2) is 18.2 Å². The minimum absolute atomic E-state index is 0.140. The number of halogens is 2. The van der Waals surface area contributed by atoms with Gasteiger partial charge in [-0.25, -0.2) is 4.39 Å². The Morgan fingerprint density at radius 2 is 2.33 bits per heavy atom. The van der Waals surface area contributed by atoms with Crippen LogP contribution >= 0.6 is 11.6 Å². The zero-order valence-corrected chi connectivity index (χ0v) is 9.06. The van der Waals surface area contributed by atoms with Gasteiger partial charge in [-0.1, -0.05) is 11.6 Å². The third kappa shape index (κ3) is 2.83.